The van der Waals surface area contributed by atoms with Crippen LogP contribution >= 0.6 is 27.5 Å². The highest BCUT2D eigenvalue weighted by atomic mass is 79.9. The molecule has 6 heteroatoms. The van der Waals surface area contributed by atoms with Gasteiger partial charge in [0.1, 0.15) is 5.82 Å². The van der Waals surface area contributed by atoms with E-state index in [1.54, 1.807) is 6.20 Å². The number of aromatic nitrogens is 1. The molecule has 0 bridgehead atoms. The van der Waals surface area contributed by atoms with Crippen molar-refractivity contribution in [3.8, 4) is 0 Å². The van der Waals surface area contributed by atoms with E-state index in [4.69, 9.17) is 16.3 Å². The fourth-order valence-electron chi connectivity index (χ4n) is 2.71. The van der Waals surface area contributed by atoms with Crippen LogP contribution in [0.4, 0.5) is 5.82 Å². The summed E-state index contributed by atoms with van der Waals surface area (Å²) in [5.41, 5.74) is 1.25. The largest absolute Gasteiger partial charge is 0.379 e. The second kappa shape index (κ2) is 8.11. The number of morpholine rings is 1. The summed E-state index contributed by atoms with van der Waals surface area (Å²) >= 11 is 9.43. The van der Waals surface area contributed by atoms with Gasteiger partial charge in [0, 0.05) is 35.3 Å². The number of hydrogen-bond donors (Lipinski definition) is 1. The van der Waals surface area contributed by atoms with E-state index >= 15 is 0 Å². The normalized spacial score (nSPS) is 17.0. The lowest BCUT2D eigenvalue weighted by Crippen LogP contribution is -2.41. The second-order valence-corrected chi connectivity index (χ2v) is 6.81. The maximum atomic E-state index is 6.03. The van der Waals surface area contributed by atoms with Crippen molar-refractivity contribution in [1.82, 2.24) is 9.88 Å². The molecule has 1 unspecified atom stereocenters. The summed E-state index contributed by atoms with van der Waals surface area (Å²) in [7, 11) is 0. The van der Waals surface area contributed by atoms with Crippen LogP contribution in [0.5, 0.6) is 0 Å². The Hall–Kier alpha value is -1.14. The van der Waals surface area contributed by atoms with E-state index in [-0.39, 0.29) is 6.04 Å². The van der Waals surface area contributed by atoms with Crippen molar-refractivity contribution in [3.63, 3.8) is 0 Å². The minimum absolute atomic E-state index is 0.265. The molecular formula is C17H19BrClN3O. The molecule has 0 saturated carbocycles. The van der Waals surface area contributed by atoms with Gasteiger partial charge in [0.05, 0.1) is 19.3 Å². The number of pyridine rings is 1. The lowest BCUT2D eigenvalue weighted by atomic mass is 10.0. The molecule has 0 aliphatic carbocycles. The summed E-state index contributed by atoms with van der Waals surface area (Å²) in [6.07, 6.45) is 1.80. The average Bonchev–Trinajstić information content (AvgIpc) is 2.59. The molecule has 1 N–H and O–H groups in total. The Morgan fingerprint density at radius 2 is 1.91 bits per heavy atom. The first-order valence-corrected chi connectivity index (χ1v) is 8.82. The molecule has 0 amide bonds. The highest BCUT2D eigenvalue weighted by Crippen LogP contribution is 2.24. The summed E-state index contributed by atoms with van der Waals surface area (Å²) in [6, 6.07) is 12.3. The Labute approximate surface area is 149 Å². The van der Waals surface area contributed by atoms with E-state index in [9.17, 15) is 0 Å². The molecule has 4 nitrogen and oxygen atoms in total. The summed E-state index contributed by atoms with van der Waals surface area (Å²) in [4.78, 5) is 6.82. The number of anilines is 1. The number of benzene rings is 1. The SMILES string of the molecule is Clc1ccc(C(CNc2ccc(Br)cn2)N2CCOCC2)cc1. The van der Waals surface area contributed by atoms with E-state index in [0.717, 1.165) is 48.2 Å². The first-order valence-electron chi connectivity index (χ1n) is 7.65. The monoisotopic (exact) mass is 395 g/mol. The molecule has 122 valence electrons. The van der Waals surface area contributed by atoms with Gasteiger partial charge in [-0.2, -0.15) is 0 Å². The molecule has 2 heterocycles. The Balaban J connectivity index is 1.74. The summed E-state index contributed by atoms with van der Waals surface area (Å²) < 4.78 is 6.46. The highest BCUT2D eigenvalue weighted by molar-refractivity contribution is 9.10. The van der Waals surface area contributed by atoms with Gasteiger partial charge in [-0.3, -0.25) is 4.90 Å². The maximum absolute atomic E-state index is 6.03. The summed E-state index contributed by atoms with van der Waals surface area (Å²) in [5, 5.41) is 4.20. The molecule has 3 rings (SSSR count). The van der Waals surface area contributed by atoms with Crippen molar-refractivity contribution in [2.24, 2.45) is 0 Å². The van der Waals surface area contributed by atoms with Crippen LogP contribution < -0.4 is 5.32 Å². The molecule has 1 aromatic carbocycles. The first kappa shape index (κ1) is 16.7. The number of halogens is 2. The van der Waals surface area contributed by atoms with Crippen LogP contribution in [0.2, 0.25) is 5.02 Å². The smallest absolute Gasteiger partial charge is 0.126 e. The molecule has 1 aliphatic rings. The Bertz CT molecular complexity index is 615. The number of nitrogens with one attached hydrogen (secondary N) is 1. The highest BCUT2D eigenvalue weighted by Gasteiger charge is 2.22. The second-order valence-electron chi connectivity index (χ2n) is 5.46. The lowest BCUT2D eigenvalue weighted by molar-refractivity contribution is 0.0187. The van der Waals surface area contributed by atoms with Gasteiger partial charge in [-0.25, -0.2) is 4.98 Å². The van der Waals surface area contributed by atoms with Crippen molar-refractivity contribution >= 4 is 33.3 Å². The molecule has 1 fully saturated rings. The molecule has 1 saturated heterocycles. The molecule has 1 atom stereocenters. The van der Waals surface area contributed by atoms with Crippen LogP contribution in [0.25, 0.3) is 0 Å². The summed E-state index contributed by atoms with van der Waals surface area (Å²) in [5.74, 6) is 0.875. The van der Waals surface area contributed by atoms with Crippen LogP contribution in [0.3, 0.4) is 0 Å². The van der Waals surface area contributed by atoms with Gasteiger partial charge in [0.2, 0.25) is 0 Å². The van der Waals surface area contributed by atoms with Crippen LogP contribution in [0, 0.1) is 0 Å². The van der Waals surface area contributed by atoms with Gasteiger partial charge in [-0.15, -0.1) is 0 Å². The third-order valence-electron chi connectivity index (χ3n) is 3.95. The fourth-order valence-corrected chi connectivity index (χ4v) is 3.07. The minimum atomic E-state index is 0.265. The Kier molecular flexibility index (Phi) is 5.89. The van der Waals surface area contributed by atoms with Crippen molar-refractivity contribution in [2.45, 2.75) is 6.04 Å². The Morgan fingerprint density at radius 3 is 2.57 bits per heavy atom. The van der Waals surface area contributed by atoms with E-state index in [1.165, 1.54) is 5.56 Å². The van der Waals surface area contributed by atoms with Crippen LogP contribution in [0.15, 0.2) is 47.1 Å². The zero-order chi connectivity index (χ0) is 16.1. The molecular weight excluding hydrogens is 378 g/mol. The molecule has 23 heavy (non-hydrogen) atoms. The number of hydrogen-bond acceptors (Lipinski definition) is 4. The van der Waals surface area contributed by atoms with Gasteiger partial charge >= 0.3 is 0 Å². The van der Waals surface area contributed by atoms with Gasteiger partial charge in [-0.05, 0) is 45.8 Å². The van der Waals surface area contributed by atoms with Gasteiger partial charge < -0.3 is 10.1 Å². The molecule has 0 radical (unpaired) electrons. The molecule has 1 aliphatic heterocycles. The van der Waals surface area contributed by atoms with Gasteiger partial charge in [-0.1, -0.05) is 23.7 Å². The third-order valence-corrected chi connectivity index (χ3v) is 4.67. The summed E-state index contributed by atoms with van der Waals surface area (Å²) in [6.45, 7) is 4.21. The van der Waals surface area contributed by atoms with E-state index in [0.29, 0.717) is 0 Å². The van der Waals surface area contributed by atoms with Crippen molar-refractivity contribution in [1.29, 1.82) is 0 Å². The van der Waals surface area contributed by atoms with Gasteiger partial charge in [0.15, 0.2) is 0 Å². The number of nitrogens with zero attached hydrogens (tertiary/aromatic N) is 2. The third kappa shape index (κ3) is 4.67. The van der Waals surface area contributed by atoms with Crippen molar-refractivity contribution < 1.29 is 4.74 Å². The zero-order valence-electron chi connectivity index (χ0n) is 12.7. The van der Waals surface area contributed by atoms with Crippen LogP contribution in [-0.4, -0.2) is 42.7 Å². The number of rotatable bonds is 5. The quantitative estimate of drug-likeness (QED) is 0.829. The minimum Gasteiger partial charge on any atom is -0.379 e. The van der Waals surface area contributed by atoms with E-state index in [1.807, 2.05) is 24.3 Å². The van der Waals surface area contributed by atoms with Gasteiger partial charge in [0.25, 0.3) is 0 Å². The van der Waals surface area contributed by atoms with Crippen molar-refractivity contribution in [3.05, 3.63) is 57.7 Å². The lowest BCUT2D eigenvalue weighted by Gasteiger charge is -2.35. The predicted octanol–water partition coefficient (Wildman–Crippen LogP) is 3.98. The molecule has 2 aromatic rings. The maximum Gasteiger partial charge on any atom is 0.126 e. The predicted molar refractivity (Wildman–Crippen MR) is 97.0 cm³/mol. The van der Waals surface area contributed by atoms with E-state index < -0.39 is 0 Å². The zero-order valence-corrected chi connectivity index (χ0v) is 15.1. The Morgan fingerprint density at radius 1 is 1.17 bits per heavy atom. The molecule has 0 spiro atoms. The van der Waals surface area contributed by atoms with Crippen LogP contribution in [0.1, 0.15) is 11.6 Å². The van der Waals surface area contributed by atoms with Crippen molar-refractivity contribution in [2.75, 3.05) is 38.2 Å². The topological polar surface area (TPSA) is 37.4 Å². The first-order chi connectivity index (χ1) is 11.2. The standard InChI is InChI=1S/C17H19BrClN3O/c18-14-3-6-17(20-11-14)21-12-16(22-7-9-23-10-8-22)13-1-4-15(19)5-2-13/h1-6,11,16H,7-10,12H2,(H,20,21). The van der Waals surface area contributed by atoms with Crippen LogP contribution in [-0.2, 0) is 4.74 Å². The van der Waals surface area contributed by atoms with E-state index in [2.05, 4.69) is 43.3 Å². The molecule has 1 aromatic heterocycles. The number of ether oxygens (including phenoxy) is 1. The average molecular weight is 397 g/mol. The fraction of sp³-hybridized carbons (Fsp3) is 0.353.